The van der Waals surface area contributed by atoms with Crippen molar-refractivity contribution < 1.29 is 14.3 Å². The molecule has 0 atom stereocenters. The molecule has 1 aliphatic heterocycles. The van der Waals surface area contributed by atoms with Crippen LogP contribution in [-0.4, -0.2) is 34.9 Å². The van der Waals surface area contributed by atoms with Gasteiger partial charge in [0, 0.05) is 22.6 Å². The lowest BCUT2D eigenvalue weighted by molar-refractivity contribution is -0.115. The van der Waals surface area contributed by atoms with Crippen molar-refractivity contribution >= 4 is 46.6 Å². The van der Waals surface area contributed by atoms with E-state index in [1.807, 2.05) is 19.9 Å². The Hall–Kier alpha value is -3.03. The molecule has 1 saturated heterocycles. The van der Waals surface area contributed by atoms with Gasteiger partial charge in [0.05, 0.1) is 34.4 Å². The Morgan fingerprint density at radius 2 is 1.94 bits per heavy atom. The molecule has 1 N–H and O–H groups in total. The molecule has 0 aliphatic carbocycles. The molecule has 2 aromatic carbocycles. The van der Waals surface area contributed by atoms with E-state index in [0.29, 0.717) is 34.6 Å². The Bertz CT molecular complexity index is 1180. The monoisotopic (exact) mass is 458 g/mol. The van der Waals surface area contributed by atoms with Crippen LogP contribution < -0.4 is 10.2 Å². The van der Waals surface area contributed by atoms with Crippen LogP contribution in [0.3, 0.4) is 0 Å². The maximum atomic E-state index is 12.7. The summed E-state index contributed by atoms with van der Waals surface area (Å²) in [7, 11) is 0. The van der Waals surface area contributed by atoms with Crippen molar-refractivity contribution in [3.63, 3.8) is 0 Å². The molecule has 4 rings (SSSR count). The van der Waals surface area contributed by atoms with E-state index < -0.39 is 0 Å². The van der Waals surface area contributed by atoms with Crippen LogP contribution in [0.4, 0.5) is 16.2 Å². The number of aryl methyl sites for hydroxylation is 1. The van der Waals surface area contributed by atoms with Gasteiger partial charge in [-0.3, -0.25) is 9.69 Å². The number of cyclic esters (lactones) is 1. The number of halogens is 2. The summed E-state index contributed by atoms with van der Waals surface area (Å²) in [5.41, 5.74) is 4.50. The standard InChI is InChI=1S/C22H20Cl2N4O3/c1-13-18(14(2)28(26-13)17-6-7-19(23)20(24)11-17)12-21(29)25-15-4-3-5-16(10-15)27-8-9-31-22(27)30/h3-7,10-11H,8-9,12H2,1-2H3,(H,25,29). The fraction of sp³-hybridized carbons (Fsp3) is 0.227. The summed E-state index contributed by atoms with van der Waals surface area (Å²) in [4.78, 5) is 26.0. The highest BCUT2D eigenvalue weighted by Gasteiger charge is 2.24. The summed E-state index contributed by atoms with van der Waals surface area (Å²) in [5, 5.41) is 8.37. The molecule has 0 bridgehead atoms. The van der Waals surface area contributed by atoms with Crippen molar-refractivity contribution in [3.05, 3.63) is 69.5 Å². The molecular formula is C22H20Cl2N4O3. The van der Waals surface area contributed by atoms with Crippen molar-refractivity contribution in [1.82, 2.24) is 9.78 Å². The molecule has 2 amide bonds. The predicted molar refractivity (Wildman–Crippen MR) is 121 cm³/mol. The molecule has 3 aromatic rings. The number of carbonyl (C=O) groups is 2. The van der Waals surface area contributed by atoms with Crippen LogP contribution in [0.1, 0.15) is 17.0 Å². The Balaban J connectivity index is 1.51. The number of hydrogen-bond donors (Lipinski definition) is 1. The van der Waals surface area contributed by atoms with E-state index in [4.69, 9.17) is 27.9 Å². The first-order chi connectivity index (χ1) is 14.8. The third-order valence-electron chi connectivity index (χ3n) is 5.13. The number of hydrogen-bond acceptors (Lipinski definition) is 4. The predicted octanol–water partition coefficient (Wildman–Crippen LogP) is 4.93. The first kappa shape index (κ1) is 21.2. The van der Waals surface area contributed by atoms with Crippen LogP contribution in [-0.2, 0) is 16.0 Å². The Morgan fingerprint density at radius 3 is 2.65 bits per heavy atom. The Morgan fingerprint density at radius 1 is 1.13 bits per heavy atom. The number of rotatable bonds is 5. The Labute approximate surface area is 189 Å². The third kappa shape index (κ3) is 4.38. The van der Waals surface area contributed by atoms with Gasteiger partial charge in [0.2, 0.25) is 5.91 Å². The number of nitrogens with zero attached hydrogens (tertiary/aromatic N) is 3. The van der Waals surface area contributed by atoms with E-state index in [0.717, 1.165) is 22.6 Å². The number of benzene rings is 2. The molecule has 0 saturated carbocycles. The van der Waals surface area contributed by atoms with Crippen molar-refractivity contribution in [1.29, 1.82) is 0 Å². The first-order valence-electron chi connectivity index (χ1n) is 9.68. The van der Waals surface area contributed by atoms with Gasteiger partial charge < -0.3 is 10.1 Å². The lowest BCUT2D eigenvalue weighted by atomic mass is 10.1. The summed E-state index contributed by atoms with van der Waals surface area (Å²) in [6.07, 6.45) is -0.223. The number of nitrogens with one attached hydrogen (secondary N) is 1. The molecule has 2 heterocycles. The normalized spacial score (nSPS) is 13.4. The summed E-state index contributed by atoms with van der Waals surface area (Å²) in [6.45, 7) is 4.62. The number of amides is 2. The molecule has 1 aliphatic rings. The average molecular weight is 459 g/mol. The average Bonchev–Trinajstić information content (AvgIpc) is 3.28. The fourth-order valence-electron chi connectivity index (χ4n) is 3.54. The first-order valence-corrected chi connectivity index (χ1v) is 10.4. The van der Waals surface area contributed by atoms with Crippen LogP contribution in [0.5, 0.6) is 0 Å². The van der Waals surface area contributed by atoms with E-state index in [9.17, 15) is 9.59 Å². The minimum atomic E-state index is -0.385. The molecule has 0 spiro atoms. The zero-order chi connectivity index (χ0) is 22.1. The van der Waals surface area contributed by atoms with Gasteiger partial charge in [-0.2, -0.15) is 5.10 Å². The highest BCUT2D eigenvalue weighted by Crippen LogP contribution is 2.27. The summed E-state index contributed by atoms with van der Waals surface area (Å²) in [5.74, 6) is -0.180. The quantitative estimate of drug-likeness (QED) is 0.587. The van der Waals surface area contributed by atoms with Crippen molar-refractivity contribution in [2.75, 3.05) is 23.4 Å². The van der Waals surface area contributed by atoms with E-state index in [2.05, 4.69) is 10.4 Å². The van der Waals surface area contributed by atoms with Crippen molar-refractivity contribution in [3.8, 4) is 5.69 Å². The van der Waals surface area contributed by atoms with Gasteiger partial charge in [-0.05, 0) is 50.2 Å². The number of aromatic nitrogens is 2. The molecule has 0 radical (unpaired) electrons. The fourth-order valence-corrected chi connectivity index (χ4v) is 3.84. The number of carbonyl (C=O) groups excluding carboxylic acids is 2. The minimum absolute atomic E-state index is 0.162. The van der Waals surface area contributed by atoms with Crippen molar-refractivity contribution in [2.45, 2.75) is 20.3 Å². The maximum Gasteiger partial charge on any atom is 0.414 e. The van der Waals surface area contributed by atoms with E-state index in [1.54, 1.807) is 41.1 Å². The largest absolute Gasteiger partial charge is 0.447 e. The second kappa shape index (κ2) is 8.61. The lowest BCUT2D eigenvalue weighted by Gasteiger charge is -2.14. The summed E-state index contributed by atoms with van der Waals surface area (Å²) in [6, 6.07) is 12.4. The molecule has 0 unspecified atom stereocenters. The van der Waals surface area contributed by atoms with Gasteiger partial charge in [0.15, 0.2) is 0 Å². The van der Waals surface area contributed by atoms with E-state index in [-0.39, 0.29) is 18.4 Å². The third-order valence-corrected chi connectivity index (χ3v) is 5.87. The molecule has 9 heteroatoms. The minimum Gasteiger partial charge on any atom is -0.447 e. The van der Waals surface area contributed by atoms with Crippen LogP contribution in [0.15, 0.2) is 42.5 Å². The second-order valence-corrected chi connectivity index (χ2v) is 8.02. The molecule has 1 fully saturated rings. The lowest BCUT2D eigenvalue weighted by Crippen LogP contribution is -2.23. The van der Waals surface area contributed by atoms with Gasteiger partial charge >= 0.3 is 6.09 Å². The zero-order valence-corrected chi connectivity index (χ0v) is 18.5. The van der Waals surface area contributed by atoms with E-state index >= 15 is 0 Å². The zero-order valence-electron chi connectivity index (χ0n) is 17.0. The summed E-state index contributed by atoms with van der Waals surface area (Å²) >= 11 is 12.1. The van der Waals surface area contributed by atoms with E-state index in [1.165, 1.54) is 4.90 Å². The van der Waals surface area contributed by atoms with Gasteiger partial charge in [-0.1, -0.05) is 29.3 Å². The molecule has 7 nitrogen and oxygen atoms in total. The van der Waals surface area contributed by atoms with Gasteiger partial charge in [0.1, 0.15) is 6.61 Å². The SMILES string of the molecule is Cc1nn(-c2ccc(Cl)c(Cl)c2)c(C)c1CC(=O)Nc1cccc(N2CCOC2=O)c1. The van der Waals surface area contributed by atoms with Crippen molar-refractivity contribution in [2.24, 2.45) is 0 Å². The second-order valence-electron chi connectivity index (χ2n) is 7.20. The number of anilines is 2. The van der Waals surface area contributed by atoms with Crippen LogP contribution in [0.25, 0.3) is 5.69 Å². The van der Waals surface area contributed by atoms with Gasteiger partial charge in [-0.25, -0.2) is 9.48 Å². The highest BCUT2D eigenvalue weighted by atomic mass is 35.5. The van der Waals surface area contributed by atoms with Crippen LogP contribution in [0.2, 0.25) is 10.0 Å². The van der Waals surface area contributed by atoms with Crippen LogP contribution >= 0.6 is 23.2 Å². The summed E-state index contributed by atoms with van der Waals surface area (Å²) < 4.78 is 6.72. The molecule has 1 aromatic heterocycles. The Kier molecular flexibility index (Phi) is 5.89. The number of ether oxygens (including phenoxy) is 1. The molecular weight excluding hydrogens is 439 g/mol. The highest BCUT2D eigenvalue weighted by molar-refractivity contribution is 6.42. The topological polar surface area (TPSA) is 76.5 Å². The smallest absolute Gasteiger partial charge is 0.414 e. The van der Waals surface area contributed by atoms with Gasteiger partial charge in [-0.15, -0.1) is 0 Å². The maximum absolute atomic E-state index is 12.7. The van der Waals surface area contributed by atoms with Crippen LogP contribution in [0, 0.1) is 13.8 Å². The molecule has 31 heavy (non-hydrogen) atoms. The van der Waals surface area contributed by atoms with Gasteiger partial charge in [0.25, 0.3) is 0 Å². The molecule has 160 valence electrons.